The number of hydrogen-bond acceptors (Lipinski definition) is 8. The Morgan fingerprint density at radius 3 is 1.47 bits per heavy atom. The van der Waals surface area contributed by atoms with Crippen LogP contribution in [0.25, 0.3) is 72.5 Å². The number of rotatable bonds is 6. The minimum Gasteiger partial charge on any atom is -0.308 e. The number of benzene rings is 6. The molecule has 0 fully saturated rings. The zero-order valence-electron chi connectivity index (χ0n) is 32.1. The lowest BCUT2D eigenvalue weighted by Crippen LogP contribution is -2.30. The van der Waals surface area contributed by atoms with Crippen molar-refractivity contribution in [3.63, 3.8) is 0 Å². The number of carbonyl (C=O) groups is 2. The average Bonchev–Trinajstić information content (AvgIpc) is 3.69. The van der Waals surface area contributed by atoms with Crippen LogP contribution in [0.5, 0.6) is 0 Å². The maximum absolute atomic E-state index is 15.0. The predicted octanol–water partition coefficient (Wildman–Crippen LogP) is 9.86. The molecule has 10 rings (SSSR count). The van der Waals surface area contributed by atoms with Crippen molar-refractivity contribution in [2.24, 2.45) is 0 Å². The van der Waals surface area contributed by atoms with Gasteiger partial charge in [-0.25, -0.2) is 34.8 Å². The number of nitrogens with zero attached hydrogens (tertiary/aromatic N) is 8. The molecule has 0 saturated heterocycles. The third-order valence-corrected chi connectivity index (χ3v) is 10.6. The number of aromatic nitrogens is 7. The van der Waals surface area contributed by atoms with Crippen molar-refractivity contribution in [1.82, 2.24) is 34.5 Å². The van der Waals surface area contributed by atoms with Gasteiger partial charge in [0, 0.05) is 27.5 Å². The van der Waals surface area contributed by atoms with Crippen molar-refractivity contribution < 1.29 is 9.59 Å². The minimum atomic E-state index is -0.393. The topological polar surface area (TPSA) is 120 Å². The Balaban J connectivity index is 1.17. The first-order valence-corrected chi connectivity index (χ1v) is 19.0. The number of carbonyl (C=O) groups excluding carboxylic acids is 2. The summed E-state index contributed by atoms with van der Waals surface area (Å²) in [7, 11) is 0. The molecular formula is C48H34N8O2. The largest absolute Gasteiger partial charge is 0.308 e. The molecule has 9 aromatic rings. The Hall–Kier alpha value is -7.72. The van der Waals surface area contributed by atoms with Crippen LogP contribution in [0.2, 0.25) is 0 Å². The maximum Gasteiger partial charge on any atom is 0.268 e. The van der Waals surface area contributed by atoms with E-state index in [4.69, 9.17) is 0 Å². The van der Waals surface area contributed by atoms with E-state index in [-0.39, 0.29) is 5.91 Å². The van der Waals surface area contributed by atoms with Crippen LogP contribution in [-0.4, -0.2) is 46.3 Å². The van der Waals surface area contributed by atoms with Gasteiger partial charge in [0.1, 0.15) is 23.3 Å². The van der Waals surface area contributed by atoms with E-state index >= 15 is 0 Å². The molecular weight excluding hydrogens is 721 g/mol. The van der Waals surface area contributed by atoms with E-state index in [0.29, 0.717) is 57.4 Å². The molecule has 0 aliphatic carbocycles. The van der Waals surface area contributed by atoms with E-state index in [9.17, 15) is 9.59 Å². The molecule has 10 heteroatoms. The van der Waals surface area contributed by atoms with Gasteiger partial charge in [-0.1, -0.05) is 72.8 Å². The van der Waals surface area contributed by atoms with E-state index in [1.54, 1.807) is 6.07 Å². The van der Waals surface area contributed by atoms with Gasteiger partial charge >= 0.3 is 0 Å². The first-order valence-electron chi connectivity index (χ1n) is 19.0. The van der Waals surface area contributed by atoms with E-state index in [1.807, 2.05) is 137 Å². The molecule has 6 aromatic carbocycles. The summed E-state index contributed by atoms with van der Waals surface area (Å²) in [5.41, 5.74) is 8.80. The van der Waals surface area contributed by atoms with E-state index in [2.05, 4.69) is 52.7 Å². The molecule has 278 valence electrons. The predicted molar refractivity (Wildman–Crippen MR) is 226 cm³/mol. The van der Waals surface area contributed by atoms with Crippen LogP contribution in [0, 0.1) is 27.7 Å². The number of amides is 2. The van der Waals surface area contributed by atoms with Crippen molar-refractivity contribution in [2.45, 2.75) is 27.7 Å². The molecule has 0 bridgehead atoms. The molecule has 58 heavy (non-hydrogen) atoms. The Bertz CT molecular complexity index is 3010. The number of fused-ring (bicyclic) bond motifs is 4. The molecule has 10 nitrogen and oxygen atoms in total. The number of anilines is 1. The molecule has 4 heterocycles. The quantitative estimate of drug-likeness (QED) is 0.154. The fourth-order valence-corrected chi connectivity index (χ4v) is 8.11. The van der Waals surface area contributed by atoms with E-state index in [0.717, 1.165) is 55.2 Å². The van der Waals surface area contributed by atoms with Crippen molar-refractivity contribution in [1.29, 1.82) is 0 Å². The van der Waals surface area contributed by atoms with Crippen LogP contribution < -0.4 is 4.90 Å². The van der Waals surface area contributed by atoms with Crippen molar-refractivity contribution in [3.8, 4) is 50.7 Å². The summed E-state index contributed by atoms with van der Waals surface area (Å²) in [6.07, 6.45) is 0. The van der Waals surface area contributed by atoms with Gasteiger partial charge in [-0.15, -0.1) is 0 Å². The monoisotopic (exact) mass is 754 g/mol. The second-order valence-electron chi connectivity index (χ2n) is 14.4. The minimum absolute atomic E-state index is 0.332. The zero-order valence-corrected chi connectivity index (χ0v) is 32.1. The van der Waals surface area contributed by atoms with Crippen molar-refractivity contribution >= 4 is 39.3 Å². The van der Waals surface area contributed by atoms with Crippen molar-refractivity contribution in [2.75, 3.05) is 4.90 Å². The van der Waals surface area contributed by atoms with Crippen LogP contribution >= 0.6 is 0 Å². The summed E-state index contributed by atoms with van der Waals surface area (Å²) in [5, 5.41) is 1.81. The van der Waals surface area contributed by atoms with Gasteiger partial charge in [0.15, 0.2) is 11.6 Å². The Morgan fingerprint density at radius 1 is 0.397 bits per heavy atom. The van der Waals surface area contributed by atoms with E-state index in [1.165, 1.54) is 4.90 Å². The first-order chi connectivity index (χ1) is 28.2. The molecule has 0 radical (unpaired) electrons. The number of aryl methyl sites for hydroxylation is 4. The smallest absolute Gasteiger partial charge is 0.268 e. The highest BCUT2D eigenvalue weighted by Gasteiger charge is 2.40. The molecule has 3 aromatic heterocycles. The highest BCUT2D eigenvalue weighted by molar-refractivity contribution is 6.36. The third-order valence-electron chi connectivity index (χ3n) is 10.6. The summed E-state index contributed by atoms with van der Waals surface area (Å²) < 4.78 is 2.07. The highest BCUT2D eigenvalue weighted by Crippen LogP contribution is 2.42. The Kier molecular flexibility index (Phi) is 8.08. The maximum atomic E-state index is 15.0. The second-order valence-corrected chi connectivity index (χ2v) is 14.4. The Morgan fingerprint density at radius 2 is 0.914 bits per heavy atom. The summed E-state index contributed by atoms with van der Waals surface area (Å²) in [6, 6.07) is 43.5. The zero-order chi connectivity index (χ0) is 39.7. The lowest BCUT2D eigenvalue weighted by molar-refractivity contribution is 0.0926. The summed E-state index contributed by atoms with van der Waals surface area (Å²) >= 11 is 0. The molecule has 0 N–H and O–H groups in total. The molecule has 0 unspecified atom stereocenters. The van der Waals surface area contributed by atoms with Gasteiger partial charge in [-0.3, -0.25) is 9.59 Å². The lowest BCUT2D eigenvalue weighted by atomic mass is 9.97. The summed E-state index contributed by atoms with van der Waals surface area (Å²) in [4.78, 5) is 58.2. The first kappa shape index (κ1) is 34.7. The van der Waals surface area contributed by atoms with Crippen molar-refractivity contribution in [3.05, 3.63) is 168 Å². The van der Waals surface area contributed by atoms with Gasteiger partial charge < -0.3 is 4.57 Å². The normalized spacial score (nSPS) is 12.5. The average molecular weight is 755 g/mol. The SMILES string of the molecule is Cc1nc(C)nc(-c2ccc3c(c2)c2cc(-c4nc(C)nc(C)n4)ccc2n3-c2cccc3c2C(=O)N(c2ccc(-c4ccccc4)cc2-c2ccccc2)C3=O)n1. The van der Waals surface area contributed by atoms with Gasteiger partial charge in [-0.2, -0.15) is 0 Å². The van der Waals surface area contributed by atoms with Crippen LogP contribution in [0.1, 0.15) is 44.0 Å². The van der Waals surface area contributed by atoms with Gasteiger partial charge in [0.05, 0.1) is 33.5 Å². The second kappa shape index (κ2) is 13.5. The van der Waals surface area contributed by atoms with Gasteiger partial charge in [0.25, 0.3) is 11.8 Å². The molecule has 0 spiro atoms. The Labute approximate surface area is 333 Å². The van der Waals surface area contributed by atoms with Gasteiger partial charge in [0.2, 0.25) is 0 Å². The van der Waals surface area contributed by atoms with Crippen LogP contribution in [0.15, 0.2) is 133 Å². The fraction of sp³-hybridized carbons (Fsp3) is 0.0833. The molecule has 0 saturated carbocycles. The standard InChI is InChI=1S/C48H34N8O2/c1-27-49-28(2)52-45(51-27)34-19-22-41-38(25-34)39-26-35(46-53-29(3)50-30(4)54-46)20-23-42(39)55(41)43-17-11-16-36-44(43)48(58)56(47(36)57)40-21-18-33(31-12-7-5-8-13-31)24-37(40)32-14-9-6-10-15-32/h5-26H,1-4H3. The fourth-order valence-electron chi connectivity index (χ4n) is 8.11. The molecule has 0 atom stereocenters. The third kappa shape index (κ3) is 5.73. The molecule has 2 amide bonds. The number of hydrogen-bond donors (Lipinski definition) is 0. The van der Waals surface area contributed by atoms with Crippen LogP contribution in [0.3, 0.4) is 0 Å². The number of imide groups is 1. The van der Waals surface area contributed by atoms with E-state index < -0.39 is 5.91 Å². The summed E-state index contributed by atoms with van der Waals surface area (Å²) in [6.45, 7) is 7.41. The highest BCUT2D eigenvalue weighted by atomic mass is 16.2. The summed E-state index contributed by atoms with van der Waals surface area (Å²) in [5.74, 6) is 2.88. The molecule has 1 aliphatic rings. The van der Waals surface area contributed by atoms with Crippen LogP contribution in [0.4, 0.5) is 5.69 Å². The van der Waals surface area contributed by atoms with Crippen LogP contribution in [-0.2, 0) is 0 Å². The lowest BCUT2D eigenvalue weighted by Gasteiger charge is -2.20. The molecule has 1 aliphatic heterocycles. The van der Waals surface area contributed by atoms with Gasteiger partial charge in [-0.05, 0) is 105 Å².